The second kappa shape index (κ2) is 7.56. The number of rotatable bonds is 6. The molecule has 1 aromatic carbocycles. The van der Waals surface area contributed by atoms with Crippen molar-refractivity contribution >= 4 is 11.9 Å². The maximum absolute atomic E-state index is 11.8. The predicted octanol–water partition coefficient (Wildman–Crippen LogP) is 1.85. The molecule has 104 valence electrons. The number of benzene rings is 1. The molecule has 1 N–H and O–H groups in total. The van der Waals surface area contributed by atoms with Crippen molar-refractivity contribution in [1.29, 1.82) is 0 Å². The van der Waals surface area contributed by atoms with E-state index in [1.807, 2.05) is 31.2 Å². The Kier molecular flexibility index (Phi) is 6.06. The molecule has 0 aliphatic rings. The zero-order valence-electron chi connectivity index (χ0n) is 11.7. The monoisotopic (exact) mass is 263 g/mol. The summed E-state index contributed by atoms with van der Waals surface area (Å²) in [5, 5.41) is 2.77. The van der Waals surface area contributed by atoms with Crippen molar-refractivity contribution in [2.24, 2.45) is 5.92 Å². The first-order valence-corrected chi connectivity index (χ1v) is 6.49. The third-order valence-corrected chi connectivity index (χ3v) is 3.04. The van der Waals surface area contributed by atoms with Crippen LogP contribution in [0.3, 0.4) is 0 Å². The molecule has 1 atom stereocenters. The highest BCUT2D eigenvalue weighted by Crippen LogP contribution is 2.06. The Bertz CT molecular complexity index is 426. The van der Waals surface area contributed by atoms with Crippen LogP contribution in [0.1, 0.15) is 24.5 Å². The minimum absolute atomic E-state index is 0.263. The molecule has 1 rings (SSSR count). The standard InChI is InChI=1S/C15H21NO3/c1-4-13(15(18)19-3)14(17)16-10-9-12-7-5-11(2)6-8-12/h5-8,13H,4,9-10H2,1-3H3,(H,16,17). The fourth-order valence-corrected chi connectivity index (χ4v) is 1.81. The first kappa shape index (κ1) is 15.2. The van der Waals surface area contributed by atoms with Crippen LogP contribution < -0.4 is 5.32 Å². The highest BCUT2D eigenvalue weighted by molar-refractivity contribution is 5.97. The highest BCUT2D eigenvalue weighted by Gasteiger charge is 2.24. The number of esters is 1. The zero-order valence-corrected chi connectivity index (χ0v) is 11.7. The second-order valence-electron chi connectivity index (χ2n) is 4.51. The molecule has 0 aliphatic heterocycles. The van der Waals surface area contributed by atoms with Gasteiger partial charge in [0.2, 0.25) is 5.91 Å². The normalized spacial score (nSPS) is 11.7. The summed E-state index contributed by atoms with van der Waals surface area (Å²) in [6, 6.07) is 8.17. The smallest absolute Gasteiger partial charge is 0.318 e. The van der Waals surface area contributed by atoms with Gasteiger partial charge in [-0.25, -0.2) is 0 Å². The molecule has 0 spiro atoms. The number of nitrogens with one attached hydrogen (secondary N) is 1. The van der Waals surface area contributed by atoms with Crippen LogP contribution in [0.2, 0.25) is 0 Å². The van der Waals surface area contributed by atoms with Crippen LogP contribution in [0.15, 0.2) is 24.3 Å². The number of aryl methyl sites for hydroxylation is 1. The van der Waals surface area contributed by atoms with E-state index in [-0.39, 0.29) is 5.91 Å². The average molecular weight is 263 g/mol. The van der Waals surface area contributed by atoms with Crippen molar-refractivity contribution < 1.29 is 14.3 Å². The molecule has 4 nitrogen and oxygen atoms in total. The number of hydrogen-bond donors (Lipinski definition) is 1. The van der Waals surface area contributed by atoms with Gasteiger partial charge in [0, 0.05) is 6.54 Å². The summed E-state index contributed by atoms with van der Waals surface area (Å²) in [4.78, 5) is 23.2. The Morgan fingerprint density at radius 3 is 2.42 bits per heavy atom. The van der Waals surface area contributed by atoms with Crippen molar-refractivity contribution in [3.8, 4) is 0 Å². The lowest BCUT2D eigenvalue weighted by Gasteiger charge is -2.12. The van der Waals surface area contributed by atoms with Crippen LogP contribution in [-0.4, -0.2) is 25.5 Å². The summed E-state index contributed by atoms with van der Waals surface area (Å²) in [7, 11) is 1.30. The number of carbonyl (C=O) groups excluding carboxylic acids is 2. The second-order valence-corrected chi connectivity index (χ2v) is 4.51. The molecule has 0 aromatic heterocycles. The minimum atomic E-state index is -0.706. The molecule has 0 saturated carbocycles. The maximum Gasteiger partial charge on any atom is 0.318 e. The summed E-state index contributed by atoms with van der Waals surface area (Å²) < 4.78 is 4.60. The number of ether oxygens (including phenoxy) is 1. The van der Waals surface area contributed by atoms with Crippen LogP contribution in [0, 0.1) is 12.8 Å². The van der Waals surface area contributed by atoms with Crippen LogP contribution in [0.5, 0.6) is 0 Å². The van der Waals surface area contributed by atoms with Crippen molar-refractivity contribution in [3.05, 3.63) is 35.4 Å². The van der Waals surface area contributed by atoms with Gasteiger partial charge in [-0.05, 0) is 25.3 Å². The largest absolute Gasteiger partial charge is 0.468 e. The van der Waals surface area contributed by atoms with Crippen LogP contribution in [-0.2, 0) is 20.7 Å². The Hall–Kier alpha value is -1.84. The first-order chi connectivity index (χ1) is 9.08. The number of methoxy groups -OCH3 is 1. The molecule has 0 fully saturated rings. The lowest BCUT2D eigenvalue weighted by molar-refractivity contribution is -0.150. The van der Waals surface area contributed by atoms with E-state index < -0.39 is 11.9 Å². The third-order valence-electron chi connectivity index (χ3n) is 3.04. The first-order valence-electron chi connectivity index (χ1n) is 6.49. The quantitative estimate of drug-likeness (QED) is 0.629. The Labute approximate surface area is 114 Å². The molecule has 0 bridgehead atoms. The Balaban J connectivity index is 2.41. The van der Waals surface area contributed by atoms with E-state index in [0.29, 0.717) is 13.0 Å². The van der Waals surface area contributed by atoms with E-state index in [9.17, 15) is 9.59 Å². The van der Waals surface area contributed by atoms with Gasteiger partial charge >= 0.3 is 5.97 Å². The van der Waals surface area contributed by atoms with Gasteiger partial charge in [0.25, 0.3) is 0 Å². The summed E-state index contributed by atoms with van der Waals surface area (Å²) >= 11 is 0. The highest BCUT2D eigenvalue weighted by atomic mass is 16.5. The minimum Gasteiger partial charge on any atom is -0.468 e. The number of hydrogen-bond acceptors (Lipinski definition) is 3. The van der Waals surface area contributed by atoms with E-state index >= 15 is 0 Å². The molecule has 0 saturated heterocycles. The number of carbonyl (C=O) groups is 2. The molecular formula is C15H21NO3. The van der Waals surface area contributed by atoms with Crippen LogP contribution in [0.4, 0.5) is 0 Å². The van der Waals surface area contributed by atoms with Crippen molar-refractivity contribution in [2.45, 2.75) is 26.7 Å². The molecule has 1 unspecified atom stereocenters. The molecule has 19 heavy (non-hydrogen) atoms. The van der Waals surface area contributed by atoms with Gasteiger partial charge in [-0.1, -0.05) is 36.8 Å². The fourth-order valence-electron chi connectivity index (χ4n) is 1.81. The molecule has 1 amide bonds. The summed E-state index contributed by atoms with van der Waals surface area (Å²) in [6.45, 7) is 4.35. The van der Waals surface area contributed by atoms with E-state index in [1.54, 1.807) is 6.92 Å². The van der Waals surface area contributed by atoms with E-state index in [4.69, 9.17) is 0 Å². The summed E-state index contributed by atoms with van der Waals surface area (Å²) in [5.74, 6) is -1.44. The molecule has 0 aliphatic carbocycles. The van der Waals surface area contributed by atoms with E-state index in [0.717, 1.165) is 12.0 Å². The van der Waals surface area contributed by atoms with E-state index in [2.05, 4.69) is 10.1 Å². The molecule has 1 aromatic rings. The van der Waals surface area contributed by atoms with Crippen LogP contribution in [0.25, 0.3) is 0 Å². The lowest BCUT2D eigenvalue weighted by Crippen LogP contribution is -2.36. The molecule has 0 heterocycles. The maximum atomic E-state index is 11.8. The van der Waals surface area contributed by atoms with Gasteiger partial charge in [0.05, 0.1) is 7.11 Å². The van der Waals surface area contributed by atoms with Gasteiger partial charge in [-0.15, -0.1) is 0 Å². The van der Waals surface area contributed by atoms with Crippen molar-refractivity contribution in [2.75, 3.05) is 13.7 Å². The average Bonchev–Trinajstić information content (AvgIpc) is 2.41. The van der Waals surface area contributed by atoms with Crippen molar-refractivity contribution in [1.82, 2.24) is 5.32 Å². The Morgan fingerprint density at radius 2 is 1.89 bits per heavy atom. The Morgan fingerprint density at radius 1 is 1.26 bits per heavy atom. The lowest BCUT2D eigenvalue weighted by atomic mass is 10.1. The fraction of sp³-hybridized carbons (Fsp3) is 0.467. The van der Waals surface area contributed by atoms with Gasteiger partial charge in [-0.3, -0.25) is 9.59 Å². The SMILES string of the molecule is CCC(C(=O)NCCc1ccc(C)cc1)C(=O)OC. The van der Waals surface area contributed by atoms with E-state index in [1.165, 1.54) is 12.7 Å². The summed E-state index contributed by atoms with van der Waals surface area (Å²) in [5.41, 5.74) is 2.38. The topological polar surface area (TPSA) is 55.4 Å². The van der Waals surface area contributed by atoms with Gasteiger partial charge in [-0.2, -0.15) is 0 Å². The van der Waals surface area contributed by atoms with Crippen LogP contribution >= 0.6 is 0 Å². The molecular weight excluding hydrogens is 242 g/mol. The number of amides is 1. The van der Waals surface area contributed by atoms with Gasteiger partial charge in [0.15, 0.2) is 0 Å². The zero-order chi connectivity index (χ0) is 14.3. The molecule has 0 radical (unpaired) electrons. The predicted molar refractivity (Wildman–Crippen MR) is 73.7 cm³/mol. The van der Waals surface area contributed by atoms with Crippen molar-refractivity contribution in [3.63, 3.8) is 0 Å². The van der Waals surface area contributed by atoms with Gasteiger partial charge < -0.3 is 10.1 Å². The molecule has 4 heteroatoms. The summed E-state index contributed by atoms with van der Waals surface area (Å²) in [6.07, 6.45) is 1.20. The third kappa shape index (κ3) is 4.73. The van der Waals surface area contributed by atoms with Gasteiger partial charge in [0.1, 0.15) is 5.92 Å².